The molecule has 0 aliphatic heterocycles. The van der Waals surface area contributed by atoms with Gasteiger partial charge in [-0.05, 0) is 24.0 Å². The maximum Gasteiger partial charge on any atom is 0.137 e. The molecule has 1 rings (SSSR count). The van der Waals surface area contributed by atoms with Gasteiger partial charge in [0.05, 0.1) is 5.02 Å². The van der Waals surface area contributed by atoms with Crippen LogP contribution in [0.15, 0.2) is 18.2 Å². The van der Waals surface area contributed by atoms with E-state index in [2.05, 4.69) is 13.8 Å². The van der Waals surface area contributed by atoms with Gasteiger partial charge < -0.3 is 5.11 Å². The number of hydrogen-bond acceptors (Lipinski definition) is 1. The smallest absolute Gasteiger partial charge is 0.137 e. The monoisotopic (exact) mass is 240 g/mol. The molecule has 0 amide bonds. The van der Waals surface area contributed by atoms with Crippen molar-refractivity contribution < 1.29 is 5.11 Å². The molecule has 0 radical (unpaired) electrons. The van der Waals surface area contributed by atoms with Crippen molar-refractivity contribution in [3.8, 4) is 5.75 Å². The molecule has 0 aromatic heterocycles. The largest absolute Gasteiger partial charge is 0.506 e. The molecular formula is C14H21ClO. The summed E-state index contributed by atoms with van der Waals surface area (Å²) in [5.74, 6) is 0.641. The molecule has 0 fully saturated rings. The van der Waals surface area contributed by atoms with Crippen molar-refractivity contribution in [3.63, 3.8) is 0 Å². The van der Waals surface area contributed by atoms with Gasteiger partial charge in [-0.2, -0.15) is 0 Å². The standard InChI is InChI=1S/C14H21ClO/c1-3-4-5-6-8-11(2)12-9-7-10-13(15)14(12)16/h7,9-11,16H,3-6,8H2,1-2H3. The first kappa shape index (κ1) is 13.4. The molecule has 0 saturated carbocycles. The van der Waals surface area contributed by atoms with Crippen LogP contribution in [-0.4, -0.2) is 5.11 Å². The molecule has 0 saturated heterocycles. The van der Waals surface area contributed by atoms with E-state index in [4.69, 9.17) is 11.6 Å². The second-order valence-corrected chi connectivity index (χ2v) is 4.84. The van der Waals surface area contributed by atoms with Crippen LogP contribution in [0.2, 0.25) is 5.02 Å². The van der Waals surface area contributed by atoms with Gasteiger partial charge in [-0.25, -0.2) is 0 Å². The van der Waals surface area contributed by atoms with Crippen LogP contribution in [0.4, 0.5) is 0 Å². The summed E-state index contributed by atoms with van der Waals surface area (Å²) in [5, 5.41) is 10.3. The van der Waals surface area contributed by atoms with Crippen LogP contribution in [0.3, 0.4) is 0 Å². The summed E-state index contributed by atoms with van der Waals surface area (Å²) in [5.41, 5.74) is 0.976. The predicted octanol–water partition coefficient (Wildman–Crippen LogP) is 5.12. The van der Waals surface area contributed by atoms with Crippen LogP contribution in [0, 0.1) is 0 Å². The lowest BCUT2D eigenvalue weighted by atomic mass is 9.94. The van der Waals surface area contributed by atoms with E-state index < -0.39 is 0 Å². The van der Waals surface area contributed by atoms with Crippen molar-refractivity contribution in [3.05, 3.63) is 28.8 Å². The van der Waals surface area contributed by atoms with E-state index in [0.717, 1.165) is 12.0 Å². The highest BCUT2D eigenvalue weighted by Gasteiger charge is 2.11. The van der Waals surface area contributed by atoms with Gasteiger partial charge >= 0.3 is 0 Å². The van der Waals surface area contributed by atoms with Gasteiger partial charge in [0.25, 0.3) is 0 Å². The summed E-state index contributed by atoms with van der Waals surface area (Å²) in [4.78, 5) is 0. The number of halogens is 1. The number of rotatable bonds is 6. The van der Waals surface area contributed by atoms with Crippen molar-refractivity contribution in [1.82, 2.24) is 0 Å². The maximum atomic E-state index is 9.84. The summed E-state index contributed by atoms with van der Waals surface area (Å²) in [6, 6.07) is 5.59. The average Bonchev–Trinajstić information content (AvgIpc) is 2.28. The van der Waals surface area contributed by atoms with Gasteiger partial charge in [0.1, 0.15) is 5.75 Å². The third-order valence-corrected chi connectivity index (χ3v) is 3.34. The first-order chi connectivity index (χ1) is 7.66. The van der Waals surface area contributed by atoms with Crippen LogP contribution in [0.5, 0.6) is 5.75 Å². The second kappa shape index (κ2) is 6.80. The minimum atomic E-state index is 0.257. The van der Waals surface area contributed by atoms with E-state index in [1.807, 2.05) is 12.1 Å². The van der Waals surface area contributed by atoms with Gasteiger partial charge in [-0.1, -0.05) is 63.3 Å². The molecule has 2 heteroatoms. The number of aromatic hydroxyl groups is 1. The van der Waals surface area contributed by atoms with E-state index in [0.29, 0.717) is 10.9 Å². The second-order valence-electron chi connectivity index (χ2n) is 4.43. The Hall–Kier alpha value is -0.690. The van der Waals surface area contributed by atoms with Gasteiger partial charge in [-0.3, -0.25) is 0 Å². The van der Waals surface area contributed by atoms with Crippen LogP contribution >= 0.6 is 11.6 Å². The minimum absolute atomic E-state index is 0.257. The van der Waals surface area contributed by atoms with E-state index in [-0.39, 0.29) is 5.75 Å². The Morgan fingerprint density at radius 3 is 2.69 bits per heavy atom. The fourth-order valence-electron chi connectivity index (χ4n) is 1.96. The minimum Gasteiger partial charge on any atom is -0.506 e. The lowest BCUT2D eigenvalue weighted by Crippen LogP contribution is -1.94. The zero-order chi connectivity index (χ0) is 12.0. The summed E-state index contributed by atoms with van der Waals surface area (Å²) < 4.78 is 0. The fourth-order valence-corrected chi connectivity index (χ4v) is 2.14. The molecular weight excluding hydrogens is 220 g/mol. The summed E-state index contributed by atoms with van der Waals surface area (Å²) in [6.45, 7) is 4.36. The third-order valence-electron chi connectivity index (χ3n) is 3.04. The van der Waals surface area contributed by atoms with Crippen LogP contribution < -0.4 is 0 Å². The van der Waals surface area contributed by atoms with Crippen LogP contribution in [0.25, 0.3) is 0 Å². The topological polar surface area (TPSA) is 20.2 Å². The van der Waals surface area contributed by atoms with E-state index in [1.54, 1.807) is 6.07 Å². The number of hydrogen-bond donors (Lipinski definition) is 1. The molecule has 1 atom stereocenters. The SMILES string of the molecule is CCCCCCC(C)c1cccc(Cl)c1O. The molecule has 1 nitrogen and oxygen atoms in total. The highest BCUT2D eigenvalue weighted by atomic mass is 35.5. The Kier molecular flexibility index (Phi) is 5.68. The molecule has 1 N–H and O–H groups in total. The number of benzene rings is 1. The van der Waals surface area contributed by atoms with Crippen molar-refractivity contribution in [2.45, 2.75) is 51.9 Å². The maximum absolute atomic E-state index is 9.84. The molecule has 1 aromatic rings. The normalized spacial score (nSPS) is 12.7. The molecule has 90 valence electrons. The number of para-hydroxylation sites is 1. The lowest BCUT2D eigenvalue weighted by Gasteiger charge is -2.14. The quantitative estimate of drug-likeness (QED) is 0.685. The van der Waals surface area contributed by atoms with Crippen molar-refractivity contribution in [2.24, 2.45) is 0 Å². The predicted molar refractivity (Wildman–Crippen MR) is 70.3 cm³/mol. The number of unbranched alkanes of at least 4 members (excludes halogenated alkanes) is 3. The van der Waals surface area contributed by atoms with Crippen molar-refractivity contribution in [2.75, 3.05) is 0 Å². The third kappa shape index (κ3) is 3.71. The molecule has 1 aromatic carbocycles. The number of phenolic OH excluding ortho intramolecular Hbond substituents is 1. The van der Waals surface area contributed by atoms with Crippen molar-refractivity contribution >= 4 is 11.6 Å². The first-order valence-corrected chi connectivity index (χ1v) is 6.52. The molecule has 1 unspecified atom stereocenters. The molecule has 0 aliphatic carbocycles. The zero-order valence-corrected chi connectivity index (χ0v) is 10.9. The van der Waals surface area contributed by atoms with Gasteiger partial charge in [-0.15, -0.1) is 0 Å². The van der Waals surface area contributed by atoms with Crippen LogP contribution in [0.1, 0.15) is 57.4 Å². The summed E-state index contributed by atoms with van der Waals surface area (Å²) in [7, 11) is 0. The molecule has 0 aliphatic rings. The van der Waals surface area contributed by atoms with Gasteiger partial charge in [0.15, 0.2) is 0 Å². The first-order valence-electron chi connectivity index (χ1n) is 6.14. The highest BCUT2D eigenvalue weighted by molar-refractivity contribution is 6.32. The fraction of sp³-hybridized carbons (Fsp3) is 0.571. The van der Waals surface area contributed by atoms with Crippen molar-refractivity contribution in [1.29, 1.82) is 0 Å². The van der Waals surface area contributed by atoms with Crippen LogP contribution in [-0.2, 0) is 0 Å². The van der Waals surface area contributed by atoms with Gasteiger partial charge in [0, 0.05) is 0 Å². The molecule has 0 spiro atoms. The Morgan fingerprint density at radius 1 is 1.25 bits per heavy atom. The molecule has 0 bridgehead atoms. The Morgan fingerprint density at radius 2 is 2.00 bits per heavy atom. The Balaban J connectivity index is 2.52. The zero-order valence-electron chi connectivity index (χ0n) is 10.2. The number of phenols is 1. The molecule has 16 heavy (non-hydrogen) atoms. The van der Waals surface area contributed by atoms with Gasteiger partial charge in [0.2, 0.25) is 0 Å². The van der Waals surface area contributed by atoms with E-state index in [1.165, 1.54) is 25.7 Å². The molecule has 0 heterocycles. The average molecular weight is 241 g/mol. The summed E-state index contributed by atoms with van der Waals surface area (Å²) in [6.07, 6.45) is 6.18. The van der Waals surface area contributed by atoms with E-state index in [9.17, 15) is 5.11 Å². The lowest BCUT2D eigenvalue weighted by molar-refractivity contribution is 0.458. The van der Waals surface area contributed by atoms with E-state index >= 15 is 0 Å². The Labute approximate surface area is 103 Å². The highest BCUT2D eigenvalue weighted by Crippen LogP contribution is 2.34. The Bertz CT molecular complexity index is 323. The summed E-state index contributed by atoms with van der Waals surface area (Å²) >= 11 is 5.89.